The van der Waals surface area contributed by atoms with Crippen LogP contribution in [0.3, 0.4) is 0 Å². The highest BCUT2D eigenvalue weighted by molar-refractivity contribution is 9.10. The molecule has 1 N–H and O–H groups in total. The molecule has 0 saturated heterocycles. The van der Waals surface area contributed by atoms with E-state index in [1.165, 1.54) is 13.5 Å². The molecule has 1 aromatic heterocycles. The number of hydrogen-bond acceptors (Lipinski definition) is 3. The molecule has 2 aromatic rings. The van der Waals surface area contributed by atoms with E-state index < -0.39 is 0 Å². The number of rotatable bonds is 4. The summed E-state index contributed by atoms with van der Waals surface area (Å²) in [4.78, 5) is 20.5. The number of ether oxygens (including phenoxy) is 1. The average Bonchev–Trinajstić information content (AvgIpc) is 3.19. The van der Waals surface area contributed by atoms with Crippen molar-refractivity contribution in [3.63, 3.8) is 0 Å². The van der Waals surface area contributed by atoms with Crippen LogP contribution < -0.4 is 0 Å². The monoisotopic (exact) mass is 416 g/mol. The summed E-state index contributed by atoms with van der Waals surface area (Å²) < 4.78 is 6.15. The second-order valence-electron chi connectivity index (χ2n) is 7.88. The number of hydrogen-bond donors (Lipinski definition) is 1. The van der Waals surface area contributed by atoms with Gasteiger partial charge in [0.15, 0.2) is 0 Å². The lowest BCUT2D eigenvalue weighted by molar-refractivity contribution is -0.147. The second-order valence-corrected chi connectivity index (χ2v) is 8.79. The van der Waals surface area contributed by atoms with Crippen LogP contribution in [0.2, 0.25) is 0 Å². The molecule has 4 nitrogen and oxygen atoms in total. The van der Waals surface area contributed by atoms with E-state index in [2.05, 4.69) is 45.0 Å². The number of halogens is 1. The number of nitrogens with one attached hydrogen (secondary N) is 1. The van der Waals surface area contributed by atoms with Crippen LogP contribution in [0.25, 0.3) is 11.3 Å². The van der Waals surface area contributed by atoms with Gasteiger partial charge in [-0.3, -0.25) is 4.79 Å². The zero-order valence-corrected chi connectivity index (χ0v) is 16.8. The molecule has 0 aliphatic heterocycles. The van der Waals surface area contributed by atoms with Crippen LogP contribution in [-0.2, 0) is 9.53 Å². The molecular formula is C21H25BrN2O2. The number of aromatic amines is 1. The van der Waals surface area contributed by atoms with E-state index in [0.717, 1.165) is 52.7 Å². The molecular weight excluding hydrogens is 392 g/mol. The Hall–Kier alpha value is -1.62. The first-order valence-electron chi connectivity index (χ1n) is 9.45. The van der Waals surface area contributed by atoms with Crippen molar-refractivity contribution in [1.82, 2.24) is 9.97 Å². The molecule has 138 valence electrons. The second kappa shape index (κ2) is 7.18. The van der Waals surface area contributed by atoms with E-state index in [1.807, 2.05) is 18.3 Å². The molecule has 1 heterocycles. The molecule has 0 radical (unpaired) electrons. The van der Waals surface area contributed by atoms with Gasteiger partial charge in [-0.05, 0) is 61.1 Å². The Balaban J connectivity index is 1.59. The summed E-state index contributed by atoms with van der Waals surface area (Å²) in [6, 6.07) is 8.18. The fourth-order valence-corrected chi connectivity index (χ4v) is 4.90. The van der Waals surface area contributed by atoms with E-state index in [0.29, 0.717) is 5.92 Å². The highest BCUT2D eigenvalue weighted by atomic mass is 79.9. The average molecular weight is 417 g/mol. The number of nitrogens with zero attached hydrogens (tertiary/aromatic N) is 1. The van der Waals surface area contributed by atoms with Gasteiger partial charge in [-0.25, -0.2) is 4.98 Å². The van der Waals surface area contributed by atoms with Gasteiger partial charge in [0.25, 0.3) is 0 Å². The highest BCUT2D eigenvalue weighted by Gasteiger charge is 2.46. The van der Waals surface area contributed by atoms with Crippen molar-refractivity contribution in [2.45, 2.75) is 38.5 Å². The molecule has 2 saturated carbocycles. The van der Waals surface area contributed by atoms with E-state index in [-0.39, 0.29) is 17.8 Å². The molecule has 2 aliphatic rings. The fraction of sp³-hybridized carbons (Fsp3) is 0.524. The van der Waals surface area contributed by atoms with Crippen LogP contribution >= 0.6 is 15.9 Å². The van der Waals surface area contributed by atoms with Gasteiger partial charge in [-0.1, -0.05) is 35.0 Å². The predicted octanol–water partition coefficient (Wildman–Crippen LogP) is 5.17. The zero-order chi connectivity index (χ0) is 18.3. The third kappa shape index (κ3) is 3.46. The summed E-state index contributed by atoms with van der Waals surface area (Å²) in [5, 5.41) is 0. The lowest BCUT2D eigenvalue weighted by atomic mass is 9.71. The van der Waals surface area contributed by atoms with Crippen molar-refractivity contribution in [3.05, 3.63) is 40.8 Å². The normalized spacial score (nSPS) is 30.8. The molecule has 0 amide bonds. The standard InChI is InChI=1S/C21H25BrN2O2/c1-12-9-17(12)14-5-8-16(21(25)26-2)18(10-14)20-23-11-19(24-20)13-3-6-15(22)7-4-13/h3-4,6-7,11-12,14,16-18H,5,8-10H2,1-2H3,(H,23,24)/t12?,14?,16?,17-,18?/m0/s1. The van der Waals surface area contributed by atoms with Crippen molar-refractivity contribution in [2.24, 2.45) is 23.7 Å². The maximum atomic E-state index is 12.4. The van der Waals surface area contributed by atoms with Crippen molar-refractivity contribution in [2.75, 3.05) is 7.11 Å². The molecule has 5 heteroatoms. The predicted molar refractivity (Wildman–Crippen MR) is 105 cm³/mol. The topological polar surface area (TPSA) is 55.0 Å². The number of aromatic nitrogens is 2. The summed E-state index contributed by atoms with van der Waals surface area (Å²) >= 11 is 3.47. The van der Waals surface area contributed by atoms with Gasteiger partial charge in [-0.2, -0.15) is 0 Å². The molecule has 2 aliphatic carbocycles. The summed E-state index contributed by atoms with van der Waals surface area (Å²) in [5.41, 5.74) is 2.10. The van der Waals surface area contributed by atoms with E-state index >= 15 is 0 Å². The smallest absolute Gasteiger partial charge is 0.309 e. The van der Waals surface area contributed by atoms with Crippen LogP contribution in [0.4, 0.5) is 0 Å². The first kappa shape index (κ1) is 17.8. The van der Waals surface area contributed by atoms with Crippen LogP contribution in [0, 0.1) is 23.7 Å². The van der Waals surface area contributed by atoms with Gasteiger partial charge >= 0.3 is 5.97 Å². The third-order valence-corrected chi connectivity index (χ3v) is 6.80. The molecule has 0 spiro atoms. The van der Waals surface area contributed by atoms with Crippen molar-refractivity contribution >= 4 is 21.9 Å². The van der Waals surface area contributed by atoms with E-state index in [4.69, 9.17) is 4.74 Å². The van der Waals surface area contributed by atoms with Crippen LogP contribution in [0.5, 0.6) is 0 Å². The highest BCUT2D eigenvalue weighted by Crippen LogP contribution is 2.52. The summed E-state index contributed by atoms with van der Waals surface area (Å²) in [7, 11) is 1.49. The third-order valence-electron chi connectivity index (χ3n) is 6.27. The maximum absolute atomic E-state index is 12.4. The zero-order valence-electron chi connectivity index (χ0n) is 15.2. The van der Waals surface area contributed by atoms with Crippen molar-refractivity contribution in [3.8, 4) is 11.3 Å². The van der Waals surface area contributed by atoms with Crippen molar-refractivity contribution in [1.29, 1.82) is 0 Å². The summed E-state index contributed by atoms with van der Waals surface area (Å²) in [6.07, 6.45) is 6.28. The number of benzene rings is 1. The number of methoxy groups -OCH3 is 1. The van der Waals surface area contributed by atoms with Gasteiger partial charge in [0.1, 0.15) is 5.82 Å². The molecule has 4 unspecified atom stereocenters. The molecule has 1 aromatic carbocycles. The Morgan fingerprint density at radius 1 is 1.23 bits per heavy atom. The van der Waals surface area contributed by atoms with Gasteiger partial charge in [0, 0.05) is 10.4 Å². The van der Waals surface area contributed by atoms with Crippen molar-refractivity contribution < 1.29 is 9.53 Å². The largest absolute Gasteiger partial charge is 0.469 e. The molecule has 5 atom stereocenters. The Morgan fingerprint density at radius 3 is 2.62 bits per heavy atom. The number of carbonyl (C=O) groups is 1. The fourth-order valence-electron chi connectivity index (χ4n) is 4.64. The van der Waals surface area contributed by atoms with Crippen LogP contribution in [0.1, 0.15) is 44.3 Å². The van der Waals surface area contributed by atoms with E-state index in [9.17, 15) is 4.79 Å². The minimum atomic E-state index is -0.0983. The van der Waals surface area contributed by atoms with Gasteiger partial charge in [0.05, 0.1) is 24.9 Å². The Labute approximate surface area is 162 Å². The molecule has 26 heavy (non-hydrogen) atoms. The lowest BCUT2D eigenvalue weighted by Crippen LogP contribution is -2.31. The number of carbonyl (C=O) groups excluding carboxylic acids is 1. The number of imidazole rings is 1. The minimum absolute atomic E-state index is 0.0887. The summed E-state index contributed by atoms with van der Waals surface area (Å²) in [6.45, 7) is 2.34. The van der Waals surface area contributed by atoms with Crippen LogP contribution in [0.15, 0.2) is 34.9 Å². The number of esters is 1. The lowest BCUT2D eigenvalue weighted by Gasteiger charge is -2.34. The van der Waals surface area contributed by atoms with Gasteiger partial charge < -0.3 is 9.72 Å². The number of H-pyrrole nitrogens is 1. The maximum Gasteiger partial charge on any atom is 0.309 e. The van der Waals surface area contributed by atoms with Crippen LogP contribution in [-0.4, -0.2) is 23.0 Å². The Bertz CT molecular complexity index is 786. The first-order valence-corrected chi connectivity index (χ1v) is 10.2. The quantitative estimate of drug-likeness (QED) is 0.699. The Kier molecular flexibility index (Phi) is 4.91. The minimum Gasteiger partial charge on any atom is -0.469 e. The molecule has 0 bridgehead atoms. The molecule has 4 rings (SSSR count). The Morgan fingerprint density at radius 2 is 1.96 bits per heavy atom. The van der Waals surface area contributed by atoms with E-state index in [1.54, 1.807) is 0 Å². The SMILES string of the molecule is COC(=O)C1CCC([C@H]2CC2C)CC1c1ncc(-c2ccc(Br)cc2)[nH]1. The van der Waals surface area contributed by atoms with Gasteiger partial charge in [0.2, 0.25) is 0 Å². The summed E-state index contributed by atoms with van der Waals surface area (Å²) in [5.74, 6) is 3.24. The first-order chi connectivity index (χ1) is 12.6. The van der Waals surface area contributed by atoms with Gasteiger partial charge in [-0.15, -0.1) is 0 Å². The molecule has 2 fully saturated rings.